The highest BCUT2D eigenvalue weighted by Crippen LogP contribution is 2.89. The Balaban J connectivity index is 1.87. The molecule has 4 heteroatoms. The molecule has 4 atom stereocenters. The highest BCUT2D eigenvalue weighted by Gasteiger charge is 2.82. The second-order valence-electron chi connectivity index (χ2n) is 6.44. The van der Waals surface area contributed by atoms with Gasteiger partial charge in [0.2, 0.25) is 0 Å². The number of rotatable bonds is 4. The summed E-state index contributed by atoms with van der Waals surface area (Å²) in [6, 6.07) is 10.3. The standard InChI is InChI=1S/C16H21O3P/c1-18-20(17,19-2)16(13-6-4-3-5-7-13)14-11-8-9-12(10-11)15(14)16/h3-7,11-12,14-15H,8-10H2,1-2H3/t11-,12-,14+,15+/m1/s1. The van der Waals surface area contributed by atoms with E-state index in [1.807, 2.05) is 18.2 Å². The topological polar surface area (TPSA) is 35.5 Å². The van der Waals surface area contributed by atoms with E-state index >= 15 is 0 Å². The molecule has 0 saturated heterocycles. The Hall–Kier alpha value is -0.630. The number of fused-ring (bicyclic) bond motifs is 5. The van der Waals surface area contributed by atoms with Crippen molar-refractivity contribution in [3.63, 3.8) is 0 Å². The SMILES string of the molecule is COP(=O)(OC)C1(c2ccccc2)[C@H]2[C@@H]3CC[C@H](C3)[C@@H]21. The van der Waals surface area contributed by atoms with Gasteiger partial charge in [0.15, 0.2) is 0 Å². The van der Waals surface area contributed by atoms with Gasteiger partial charge in [0, 0.05) is 14.2 Å². The molecule has 1 aromatic carbocycles. The molecule has 0 heterocycles. The maximum absolute atomic E-state index is 13.3. The second-order valence-corrected chi connectivity index (χ2v) is 8.90. The summed E-state index contributed by atoms with van der Waals surface area (Å²) in [6.45, 7) is 0. The van der Waals surface area contributed by atoms with Gasteiger partial charge < -0.3 is 9.05 Å². The first-order valence-corrected chi connectivity index (χ1v) is 9.00. The maximum atomic E-state index is 13.3. The summed E-state index contributed by atoms with van der Waals surface area (Å²) in [4.78, 5) is 0. The van der Waals surface area contributed by atoms with Crippen LogP contribution in [0.2, 0.25) is 0 Å². The Labute approximate surface area is 120 Å². The first-order valence-electron chi connectivity index (χ1n) is 7.46. The van der Waals surface area contributed by atoms with Crippen LogP contribution in [0.15, 0.2) is 30.3 Å². The maximum Gasteiger partial charge on any atom is 0.341 e. The molecule has 0 aromatic heterocycles. The average Bonchev–Trinajstić information content (AvgIpc) is 2.84. The molecule has 3 fully saturated rings. The van der Waals surface area contributed by atoms with Crippen LogP contribution >= 0.6 is 7.60 Å². The zero-order chi connectivity index (χ0) is 14.0. The van der Waals surface area contributed by atoms with Crippen molar-refractivity contribution in [3.05, 3.63) is 35.9 Å². The minimum atomic E-state index is -3.11. The van der Waals surface area contributed by atoms with Crippen LogP contribution < -0.4 is 0 Å². The van der Waals surface area contributed by atoms with Crippen LogP contribution in [-0.2, 0) is 18.8 Å². The van der Waals surface area contributed by atoms with E-state index in [1.165, 1.54) is 33.5 Å². The fourth-order valence-corrected chi connectivity index (χ4v) is 8.05. The molecule has 1 aromatic rings. The fourth-order valence-electron chi connectivity index (χ4n) is 5.43. The Morgan fingerprint density at radius 2 is 1.60 bits per heavy atom. The summed E-state index contributed by atoms with van der Waals surface area (Å²) < 4.78 is 24.2. The molecule has 108 valence electrons. The van der Waals surface area contributed by atoms with Crippen molar-refractivity contribution in [2.75, 3.05) is 14.2 Å². The molecule has 0 radical (unpaired) electrons. The van der Waals surface area contributed by atoms with Crippen molar-refractivity contribution >= 4 is 7.60 Å². The van der Waals surface area contributed by atoms with Crippen LogP contribution in [0, 0.1) is 23.7 Å². The van der Waals surface area contributed by atoms with Gasteiger partial charge in [0.05, 0.1) is 0 Å². The van der Waals surface area contributed by atoms with Crippen molar-refractivity contribution in [2.45, 2.75) is 24.4 Å². The van der Waals surface area contributed by atoms with E-state index in [-0.39, 0.29) is 5.16 Å². The van der Waals surface area contributed by atoms with Gasteiger partial charge >= 0.3 is 7.60 Å². The Morgan fingerprint density at radius 1 is 1.05 bits per heavy atom. The highest BCUT2D eigenvalue weighted by atomic mass is 31.2. The van der Waals surface area contributed by atoms with E-state index in [0.29, 0.717) is 23.7 Å². The van der Waals surface area contributed by atoms with Gasteiger partial charge in [0.25, 0.3) is 0 Å². The summed E-state index contributed by atoms with van der Waals surface area (Å²) in [5.74, 6) is 2.41. The van der Waals surface area contributed by atoms with Gasteiger partial charge in [0.1, 0.15) is 5.16 Å². The lowest BCUT2D eigenvalue weighted by Gasteiger charge is -2.30. The van der Waals surface area contributed by atoms with Crippen molar-refractivity contribution in [1.29, 1.82) is 0 Å². The molecule has 3 aliphatic carbocycles. The minimum absolute atomic E-state index is 0.373. The summed E-state index contributed by atoms with van der Waals surface area (Å²) >= 11 is 0. The molecule has 0 amide bonds. The first kappa shape index (κ1) is 13.1. The van der Waals surface area contributed by atoms with Gasteiger partial charge in [-0.15, -0.1) is 0 Å². The number of benzene rings is 1. The van der Waals surface area contributed by atoms with E-state index in [0.717, 1.165) is 5.56 Å². The second kappa shape index (κ2) is 4.19. The molecular weight excluding hydrogens is 271 g/mol. The monoisotopic (exact) mass is 292 g/mol. The van der Waals surface area contributed by atoms with E-state index in [9.17, 15) is 4.57 Å². The van der Waals surface area contributed by atoms with E-state index in [2.05, 4.69) is 12.1 Å². The van der Waals surface area contributed by atoms with Gasteiger partial charge in [-0.05, 0) is 48.5 Å². The summed E-state index contributed by atoms with van der Waals surface area (Å²) in [5, 5.41) is -0.373. The van der Waals surface area contributed by atoms with Crippen LogP contribution in [0.3, 0.4) is 0 Å². The molecule has 0 N–H and O–H groups in total. The van der Waals surface area contributed by atoms with Gasteiger partial charge in [-0.25, -0.2) is 0 Å². The van der Waals surface area contributed by atoms with E-state index < -0.39 is 7.60 Å². The Morgan fingerprint density at radius 3 is 2.10 bits per heavy atom. The predicted molar refractivity (Wildman–Crippen MR) is 77.6 cm³/mol. The lowest BCUT2D eigenvalue weighted by atomic mass is 9.96. The Bertz CT molecular complexity index is 546. The van der Waals surface area contributed by atoms with Crippen LogP contribution in [0.25, 0.3) is 0 Å². The molecule has 2 bridgehead atoms. The normalized spacial score (nSPS) is 41.7. The van der Waals surface area contributed by atoms with E-state index in [1.54, 1.807) is 0 Å². The number of hydrogen-bond acceptors (Lipinski definition) is 3. The summed E-state index contributed by atoms with van der Waals surface area (Å²) in [6.07, 6.45) is 3.89. The molecule has 4 rings (SSSR count). The quantitative estimate of drug-likeness (QED) is 0.786. The van der Waals surface area contributed by atoms with Crippen molar-refractivity contribution < 1.29 is 13.6 Å². The lowest BCUT2D eigenvalue weighted by molar-refractivity contribution is 0.250. The predicted octanol–water partition coefficient (Wildman–Crippen LogP) is 4.04. The molecule has 3 nitrogen and oxygen atoms in total. The van der Waals surface area contributed by atoms with Crippen molar-refractivity contribution in [1.82, 2.24) is 0 Å². The van der Waals surface area contributed by atoms with Crippen molar-refractivity contribution in [3.8, 4) is 0 Å². The lowest BCUT2D eigenvalue weighted by Crippen LogP contribution is -2.20. The third-order valence-electron chi connectivity index (χ3n) is 5.99. The van der Waals surface area contributed by atoms with Crippen LogP contribution in [-0.4, -0.2) is 14.2 Å². The molecule has 0 unspecified atom stereocenters. The van der Waals surface area contributed by atoms with Gasteiger partial charge in [-0.1, -0.05) is 30.3 Å². The molecule has 3 aliphatic rings. The average molecular weight is 292 g/mol. The highest BCUT2D eigenvalue weighted by molar-refractivity contribution is 7.55. The van der Waals surface area contributed by atoms with Crippen LogP contribution in [0.1, 0.15) is 24.8 Å². The minimum Gasteiger partial charge on any atom is -0.311 e. The third-order valence-corrected chi connectivity index (χ3v) is 8.72. The van der Waals surface area contributed by atoms with Crippen molar-refractivity contribution in [2.24, 2.45) is 23.7 Å². The zero-order valence-corrected chi connectivity index (χ0v) is 12.9. The molecule has 0 aliphatic heterocycles. The molecule has 0 spiro atoms. The van der Waals surface area contributed by atoms with Crippen LogP contribution in [0.4, 0.5) is 0 Å². The summed E-state index contributed by atoms with van der Waals surface area (Å²) in [5.41, 5.74) is 1.15. The molecule has 3 saturated carbocycles. The van der Waals surface area contributed by atoms with Crippen LogP contribution in [0.5, 0.6) is 0 Å². The zero-order valence-electron chi connectivity index (χ0n) is 12.0. The third kappa shape index (κ3) is 1.32. The smallest absolute Gasteiger partial charge is 0.311 e. The molecular formula is C16H21O3P. The largest absolute Gasteiger partial charge is 0.341 e. The molecule has 20 heavy (non-hydrogen) atoms. The fraction of sp³-hybridized carbons (Fsp3) is 0.625. The van der Waals surface area contributed by atoms with Gasteiger partial charge in [-0.2, -0.15) is 0 Å². The summed E-state index contributed by atoms with van der Waals surface area (Å²) in [7, 11) is -0.0418. The van der Waals surface area contributed by atoms with E-state index in [4.69, 9.17) is 9.05 Å². The Kier molecular flexibility index (Phi) is 2.74. The number of hydrogen-bond donors (Lipinski definition) is 0. The van der Waals surface area contributed by atoms with Gasteiger partial charge in [-0.3, -0.25) is 4.57 Å². The first-order chi connectivity index (χ1) is 9.69.